The van der Waals surface area contributed by atoms with E-state index >= 15 is 0 Å². The van der Waals surface area contributed by atoms with E-state index in [1.165, 1.54) is 22.9 Å². The van der Waals surface area contributed by atoms with Crippen molar-refractivity contribution < 1.29 is 0 Å². The molecule has 3 heteroatoms. The number of hydrogen-bond acceptors (Lipinski definition) is 2. The van der Waals surface area contributed by atoms with E-state index in [-0.39, 0.29) is 0 Å². The molecule has 0 aliphatic carbocycles. The van der Waals surface area contributed by atoms with Gasteiger partial charge >= 0.3 is 0 Å². The van der Waals surface area contributed by atoms with Gasteiger partial charge in [0.05, 0.1) is 0 Å². The molecule has 1 aromatic carbocycles. The van der Waals surface area contributed by atoms with Gasteiger partial charge in [-0.15, -0.1) is 0 Å². The SMILES string of the molecule is CCCC(NCc1c[nH]c2ncccc12)c1ccccc1. The van der Waals surface area contributed by atoms with Crippen LogP contribution in [-0.2, 0) is 6.54 Å². The highest BCUT2D eigenvalue weighted by Gasteiger charge is 2.11. The van der Waals surface area contributed by atoms with Gasteiger partial charge in [0, 0.05) is 30.4 Å². The summed E-state index contributed by atoms with van der Waals surface area (Å²) in [6.07, 6.45) is 6.19. The summed E-state index contributed by atoms with van der Waals surface area (Å²) < 4.78 is 0. The van der Waals surface area contributed by atoms with Crippen molar-refractivity contribution in [1.82, 2.24) is 15.3 Å². The van der Waals surface area contributed by atoms with Crippen LogP contribution in [0.1, 0.15) is 36.9 Å². The molecule has 21 heavy (non-hydrogen) atoms. The summed E-state index contributed by atoms with van der Waals surface area (Å²) in [5.74, 6) is 0. The summed E-state index contributed by atoms with van der Waals surface area (Å²) in [5.41, 5.74) is 3.59. The van der Waals surface area contributed by atoms with Crippen LogP contribution in [0.3, 0.4) is 0 Å². The molecule has 2 aromatic heterocycles. The van der Waals surface area contributed by atoms with Gasteiger partial charge < -0.3 is 10.3 Å². The van der Waals surface area contributed by atoms with Crippen LogP contribution in [-0.4, -0.2) is 9.97 Å². The van der Waals surface area contributed by atoms with Crippen LogP contribution in [0.5, 0.6) is 0 Å². The second-order valence-electron chi connectivity index (χ2n) is 5.35. The van der Waals surface area contributed by atoms with Crippen molar-refractivity contribution in [1.29, 1.82) is 0 Å². The van der Waals surface area contributed by atoms with Gasteiger partial charge in [0.1, 0.15) is 5.65 Å². The number of nitrogens with one attached hydrogen (secondary N) is 2. The van der Waals surface area contributed by atoms with Crippen molar-refractivity contribution in [3.05, 3.63) is 66.0 Å². The topological polar surface area (TPSA) is 40.7 Å². The predicted molar refractivity (Wildman–Crippen MR) is 87.0 cm³/mol. The molecule has 0 fully saturated rings. The lowest BCUT2D eigenvalue weighted by Gasteiger charge is -2.18. The highest BCUT2D eigenvalue weighted by Crippen LogP contribution is 2.21. The molecule has 0 bridgehead atoms. The summed E-state index contributed by atoms with van der Waals surface area (Å²) in [7, 11) is 0. The summed E-state index contributed by atoms with van der Waals surface area (Å²) in [4.78, 5) is 7.57. The first-order chi connectivity index (χ1) is 10.4. The van der Waals surface area contributed by atoms with E-state index in [1.54, 1.807) is 0 Å². The molecule has 0 amide bonds. The molecule has 0 aliphatic heterocycles. The molecule has 1 atom stereocenters. The summed E-state index contributed by atoms with van der Waals surface area (Å²) in [6.45, 7) is 3.08. The minimum absolute atomic E-state index is 0.401. The average molecular weight is 279 g/mol. The van der Waals surface area contributed by atoms with Crippen LogP contribution < -0.4 is 5.32 Å². The number of aromatic nitrogens is 2. The van der Waals surface area contributed by atoms with Crippen LogP contribution in [0, 0.1) is 0 Å². The fraction of sp³-hybridized carbons (Fsp3) is 0.278. The number of fused-ring (bicyclic) bond motifs is 1. The van der Waals surface area contributed by atoms with Gasteiger partial charge in [0.25, 0.3) is 0 Å². The molecular weight excluding hydrogens is 258 g/mol. The van der Waals surface area contributed by atoms with Gasteiger partial charge in [-0.25, -0.2) is 4.98 Å². The van der Waals surface area contributed by atoms with E-state index < -0.39 is 0 Å². The fourth-order valence-electron chi connectivity index (χ4n) is 2.75. The Balaban J connectivity index is 1.75. The highest BCUT2D eigenvalue weighted by atomic mass is 14.9. The monoisotopic (exact) mass is 279 g/mol. The van der Waals surface area contributed by atoms with Crippen molar-refractivity contribution in [2.45, 2.75) is 32.4 Å². The molecule has 0 saturated carbocycles. The first kappa shape index (κ1) is 13.8. The molecule has 2 N–H and O–H groups in total. The van der Waals surface area contributed by atoms with Crippen LogP contribution in [0.25, 0.3) is 11.0 Å². The third kappa shape index (κ3) is 3.14. The normalized spacial score (nSPS) is 12.6. The van der Waals surface area contributed by atoms with Gasteiger partial charge in [-0.1, -0.05) is 43.7 Å². The lowest BCUT2D eigenvalue weighted by atomic mass is 10.0. The molecule has 3 rings (SSSR count). The molecule has 0 spiro atoms. The van der Waals surface area contributed by atoms with Gasteiger partial charge in [-0.2, -0.15) is 0 Å². The smallest absolute Gasteiger partial charge is 0.137 e. The van der Waals surface area contributed by atoms with E-state index in [0.717, 1.165) is 18.6 Å². The van der Waals surface area contributed by atoms with Gasteiger partial charge in [0.2, 0.25) is 0 Å². The molecule has 0 aliphatic rings. The zero-order valence-electron chi connectivity index (χ0n) is 12.3. The van der Waals surface area contributed by atoms with E-state index in [9.17, 15) is 0 Å². The van der Waals surface area contributed by atoms with Crippen LogP contribution >= 0.6 is 0 Å². The minimum atomic E-state index is 0.401. The van der Waals surface area contributed by atoms with Crippen molar-refractivity contribution in [2.75, 3.05) is 0 Å². The standard InChI is InChI=1S/C18H21N3/c1-2-7-17(14-8-4-3-5-9-14)20-12-15-13-21-18-16(15)10-6-11-19-18/h3-6,8-11,13,17,20H,2,7,12H2,1H3,(H,19,21). The van der Waals surface area contributed by atoms with Crippen LogP contribution in [0.15, 0.2) is 54.9 Å². The second kappa shape index (κ2) is 6.55. The van der Waals surface area contributed by atoms with Gasteiger partial charge in [-0.05, 0) is 29.7 Å². The highest BCUT2D eigenvalue weighted by molar-refractivity contribution is 5.79. The Hall–Kier alpha value is -2.13. The second-order valence-corrected chi connectivity index (χ2v) is 5.35. The van der Waals surface area contributed by atoms with E-state index in [0.29, 0.717) is 6.04 Å². The largest absolute Gasteiger partial charge is 0.346 e. The molecule has 3 nitrogen and oxygen atoms in total. The number of rotatable bonds is 6. The first-order valence-corrected chi connectivity index (χ1v) is 7.57. The lowest BCUT2D eigenvalue weighted by molar-refractivity contribution is 0.494. The number of pyridine rings is 1. The third-order valence-corrected chi connectivity index (χ3v) is 3.85. The van der Waals surface area contributed by atoms with Crippen molar-refractivity contribution in [3.63, 3.8) is 0 Å². The molecule has 1 unspecified atom stereocenters. The quantitative estimate of drug-likeness (QED) is 0.710. The Bertz CT molecular complexity index is 688. The Morgan fingerprint density at radius 3 is 2.81 bits per heavy atom. The summed E-state index contributed by atoms with van der Waals surface area (Å²) in [5, 5.41) is 4.89. The van der Waals surface area contributed by atoms with Gasteiger partial charge in [-0.3, -0.25) is 0 Å². The van der Waals surface area contributed by atoms with Crippen molar-refractivity contribution >= 4 is 11.0 Å². The molecular formula is C18H21N3. The fourth-order valence-corrected chi connectivity index (χ4v) is 2.75. The Labute approximate surface area is 125 Å². The minimum Gasteiger partial charge on any atom is -0.346 e. The van der Waals surface area contributed by atoms with Crippen LogP contribution in [0.4, 0.5) is 0 Å². The van der Waals surface area contributed by atoms with Crippen LogP contribution in [0.2, 0.25) is 0 Å². The first-order valence-electron chi connectivity index (χ1n) is 7.57. The molecule has 2 heterocycles. The maximum atomic E-state index is 4.34. The number of H-pyrrole nitrogens is 1. The van der Waals surface area contributed by atoms with E-state index in [4.69, 9.17) is 0 Å². The molecule has 108 valence electrons. The lowest BCUT2D eigenvalue weighted by Crippen LogP contribution is -2.20. The van der Waals surface area contributed by atoms with E-state index in [1.807, 2.05) is 12.3 Å². The van der Waals surface area contributed by atoms with Crippen molar-refractivity contribution in [2.24, 2.45) is 0 Å². The Morgan fingerprint density at radius 1 is 1.14 bits per heavy atom. The summed E-state index contributed by atoms with van der Waals surface area (Å²) >= 11 is 0. The number of benzene rings is 1. The maximum Gasteiger partial charge on any atom is 0.137 e. The zero-order valence-corrected chi connectivity index (χ0v) is 12.3. The third-order valence-electron chi connectivity index (χ3n) is 3.85. The number of aromatic amines is 1. The summed E-state index contributed by atoms with van der Waals surface area (Å²) in [6, 6.07) is 15.2. The Morgan fingerprint density at radius 2 is 2.00 bits per heavy atom. The van der Waals surface area contributed by atoms with Gasteiger partial charge in [0.15, 0.2) is 0 Å². The maximum absolute atomic E-state index is 4.34. The predicted octanol–water partition coefficient (Wildman–Crippen LogP) is 4.19. The molecule has 3 aromatic rings. The number of hydrogen-bond donors (Lipinski definition) is 2. The Kier molecular flexibility index (Phi) is 4.31. The molecule has 0 radical (unpaired) electrons. The number of nitrogens with zero attached hydrogens (tertiary/aromatic N) is 1. The molecule has 0 saturated heterocycles. The average Bonchev–Trinajstić information content (AvgIpc) is 2.95. The zero-order chi connectivity index (χ0) is 14.5. The van der Waals surface area contributed by atoms with E-state index in [2.05, 4.69) is 64.8 Å². The van der Waals surface area contributed by atoms with Crippen molar-refractivity contribution in [3.8, 4) is 0 Å².